The summed E-state index contributed by atoms with van der Waals surface area (Å²) < 4.78 is 15.9. The van der Waals surface area contributed by atoms with Crippen molar-refractivity contribution in [1.29, 1.82) is 0 Å². The smallest absolute Gasteiger partial charge is 0.255 e. The van der Waals surface area contributed by atoms with Gasteiger partial charge >= 0.3 is 0 Å². The van der Waals surface area contributed by atoms with Crippen molar-refractivity contribution in [2.75, 3.05) is 37.3 Å². The minimum absolute atomic E-state index is 0.222. The molecule has 34 heavy (non-hydrogen) atoms. The van der Waals surface area contributed by atoms with Crippen molar-refractivity contribution in [1.82, 2.24) is 0 Å². The predicted molar refractivity (Wildman–Crippen MR) is 133 cm³/mol. The number of benzene rings is 3. The normalized spacial score (nSPS) is 11.2. The SMILES string of the molecule is COc1ccccc1NC(=O)c1ccc(NC(=O)C(C)Nc2cc(OC)c(OC)cc2C)cc1. The third-order valence-corrected chi connectivity index (χ3v) is 5.27. The Labute approximate surface area is 199 Å². The Kier molecular flexibility index (Phi) is 7.97. The van der Waals surface area contributed by atoms with Crippen LogP contribution in [0.2, 0.25) is 0 Å². The molecule has 0 heterocycles. The summed E-state index contributed by atoms with van der Waals surface area (Å²) in [6.45, 7) is 3.68. The highest BCUT2D eigenvalue weighted by molar-refractivity contribution is 6.05. The Morgan fingerprint density at radius 1 is 0.765 bits per heavy atom. The van der Waals surface area contributed by atoms with Crippen LogP contribution in [-0.2, 0) is 4.79 Å². The zero-order chi connectivity index (χ0) is 24.7. The second-order valence-corrected chi connectivity index (χ2v) is 7.61. The van der Waals surface area contributed by atoms with Gasteiger partial charge in [0.25, 0.3) is 5.91 Å². The van der Waals surface area contributed by atoms with Gasteiger partial charge in [-0.05, 0) is 61.9 Å². The molecule has 178 valence electrons. The molecule has 0 saturated carbocycles. The summed E-state index contributed by atoms with van der Waals surface area (Å²) in [5, 5.41) is 8.88. The molecular weight excluding hydrogens is 434 g/mol. The molecule has 0 aliphatic carbocycles. The first-order chi connectivity index (χ1) is 16.4. The lowest BCUT2D eigenvalue weighted by Gasteiger charge is -2.19. The Morgan fingerprint density at radius 3 is 2.03 bits per heavy atom. The number of hydrogen-bond donors (Lipinski definition) is 3. The fourth-order valence-electron chi connectivity index (χ4n) is 3.33. The lowest BCUT2D eigenvalue weighted by molar-refractivity contribution is -0.116. The molecule has 8 heteroatoms. The molecule has 0 aromatic heterocycles. The average molecular weight is 464 g/mol. The summed E-state index contributed by atoms with van der Waals surface area (Å²) in [5.41, 5.74) is 3.30. The van der Waals surface area contributed by atoms with Gasteiger partial charge in [-0.15, -0.1) is 0 Å². The van der Waals surface area contributed by atoms with E-state index in [1.807, 2.05) is 25.1 Å². The van der Waals surface area contributed by atoms with Crippen molar-refractivity contribution in [2.24, 2.45) is 0 Å². The summed E-state index contributed by atoms with van der Waals surface area (Å²) in [4.78, 5) is 25.3. The molecule has 3 rings (SSSR count). The number of anilines is 3. The van der Waals surface area contributed by atoms with Crippen LogP contribution in [0.3, 0.4) is 0 Å². The molecular formula is C26H29N3O5. The summed E-state index contributed by atoms with van der Waals surface area (Å²) in [6, 6.07) is 17.0. The van der Waals surface area contributed by atoms with E-state index in [0.29, 0.717) is 34.2 Å². The van der Waals surface area contributed by atoms with E-state index in [4.69, 9.17) is 14.2 Å². The molecule has 3 aromatic carbocycles. The van der Waals surface area contributed by atoms with Crippen LogP contribution >= 0.6 is 0 Å². The van der Waals surface area contributed by atoms with E-state index in [1.165, 1.54) is 0 Å². The number of ether oxygens (including phenoxy) is 3. The minimum atomic E-state index is -0.523. The second-order valence-electron chi connectivity index (χ2n) is 7.61. The number of para-hydroxylation sites is 2. The van der Waals surface area contributed by atoms with Gasteiger partial charge in [0.15, 0.2) is 11.5 Å². The summed E-state index contributed by atoms with van der Waals surface area (Å²) in [5.74, 6) is 1.27. The van der Waals surface area contributed by atoms with Crippen LogP contribution in [0.5, 0.6) is 17.2 Å². The first-order valence-corrected chi connectivity index (χ1v) is 10.7. The van der Waals surface area contributed by atoms with Gasteiger partial charge < -0.3 is 30.2 Å². The van der Waals surface area contributed by atoms with Crippen molar-refractivity contribution < 1.29 is 23.8 Å². The number of aryl methyl sites for hydroxylation is 1. The maximum Gasteiger partial charge on any atom is 0.255 e. The van der Waals surface area contributed by atoms with Crippen molar-refractivity contribution >= 4 is 28.9 Å². The molecule has 8 nitrogen and oxygen atoms in total. The molecule has 1 atom stereocenters. The first-order valence-electron chi connectivity index (χ1n) is 10.7. The van der Waals surface area contributed by atoms with Crippen LogP contribution in [0.1, 0.15) is 22.8 Å². The van der Waals surface area contributed by atoms with E-state index in [1.54, 1.807) is 70.7 Å². The highest BCUT2D eigenvalue weighted by Gasteiger charge is 2.16. The average Bonchev–Trinajstić information content (AvgIpc) is 2.85. The van der Waals surface area contributed by atoms with Gasteiger partial charge in [-0.25, -0.2) is 0 Å². The molecule has 0 spiro atoms. The van der Waals surface area contributed by atoms with Gasteiger partial charge in [-0.3, -0.25) is 9.59 Å². The number of carbonyl (C=O) groups excluding carboxylic acids is 2. The molecule has 3 aromatic rings. The standard InChI is InChI=1S/C26H29N3O5/c1-16-14-23(33-4)24(34-5)15-21(16)27-17(2)25(30)28-19-12-10-18(11-13-19)26(31)29-20-8-6-7-9-22(20)32-3/h6-15,17,27H,1-5H3,(H,28,30)(H,29,31). The molecule has 3 N–H and O–H groups in total. The summed E-state index contributed by atoms with van der Waals surface area (Å²) in [7, 11) is 4.69. The minimum Gasteiger partial charge on any atom is -0.495 e. The maximum absolute atomic E-state index is 12.7. The van der Waals surface area contributed by atoms with Crippen molar-refractivity contribution in [3.63, 3.8) is 0 Å². The topological polar surface area (TPSA) is 97.9 Å². The molecule has 2 amide bonds. The number of nitrogens with one attached hydrogen (secondary N) is 3. The highest BCUT2D eigenvalue weighted by Crippen LogP contribution is 2.33. The monoisotopic (exact) mass is 463 g/mol. The second kappa shape index (κ2) is 11.1. The van der Waals surface area contributed by atoms with E-state index >= 15 is 0 Å². The van der Waals surface area contributed by atoms with E-state index in [0.717, 1.165) is 11.3 Å². The number of rotatable bonds is 9. The van der Waals surface area contributed by atoms with Gasteiger partial charge in [-0.1, -0.05) is 12.1 Å². The fraction of sp³-hybridized carbons (Fsp3) is 0.231. The number of carbonyl (C=O) groups is 2. The van der Waals surface area contributed by atoms with Gasteiger partial charge in [0.05, 0.1) is 27.0 Å². The summed E-state index contributed by atoms with van der Waals surface area (Å²) >= 11 is 0. The Morgan fingerprint density at radius 2 is 1.38 bits per heavy atom. The van der Waals surface area contributed by atoms with Crippen LogP contribution in [0.25, 0.3) is 0 Å². The highest BCUT2D eigenvalue weighted by atomic mass is 16.5. The quantitative estimate of drug-likeness (QED) is 0.425. The zero-order valence-electron chi connectivity index (χ0n) is 19.9. The van der Waals surface area contributed by atoms with Crippen LogP contribution in [-0.4, -0.2) is 39.2 Å². The van der Waals surface area contributed by atoms with E-state index in [-0.39, 0.29) is 11.8 Å². The Bertz CT molecular complexity index is 1160. The van der Waals surface area contributed by atoms with E-state index in [9.17, 15) is 9.59 Å². The summed E-state index contributed by atoms with van der Waals surface area (Å²) in [6.07, 6.45) is 0. The number of methoxy groups -OCH3 is 3. The van der Waals surface area contributed by atoms with Gasteiger partial charge in [-0.2, -0.15) is 0 Å². The van der Waals surface area contributed by atoms with E-state index in [2.05, 4.69) is 16.0 Å². The largest absolute Gasteiger partial charge is 0.495 e. The molecule has 0 fully saturated rings. The van der Waals surface area contributed by atoms with Crippen molar-refractivity contribution in [3.8, 4) is 17.2 Å². The third kappa shape index (κ3) is 5.78. The van der Waals surface area contributed by atoms with Gasteiger partial charge in [0.2, 0.25) is 5.91 Å². The van der Waals surface area contributed by atoms with Crippen LogP contribution < -0.4 is 30.2 Å². The van der Waals surface area contributed by atoms with E-state index < -0.39 is 6.04 Å². The molecule has 0 saturated heterocycles. The molecule has 0 bridgehead atoms. The van der Waals surface area contributed by atoms with Crippen molar-refractivity contribution in [2.45, 2.75) is 19.9 Å². The van der Waals surface area contributed by atoms with Gasteiger partial charge in [0.1, 0.15) is 11.8 Å². The third-order valence-electron chi connectivity index (χ3n) is 5.27. The van der Waals surface area contributed by atoms with Crippen LogP contribution in [0.15, 0.2) is 60.7 Å². The maximum atomic E-state index is 12.7. The zero-order valence-corrected chi connectivity index (χ0v) is 19.9. The van der Waals surface area contributed by atoms with Crippen LogP contribution in [0, 0.1) is 6.92 Å². The van der Waals surface area contributed by atoms with Gasteiger partial charge in [0, 0.05) is 23.0 Å². The number of hydrogen-bond acceptors (Lipinski definition) is 6. The lowest BCUT2D eigenvalue weighted by Crippen LogP contribution is -2.32. The Hall–Kier alpha value is -4.20. The predicted octanol–water partition coefficient (Wildman–Crippen LogP) is 4.71. The fourth-order valence-corrected chi connectivity index (χ4v) is 3.33. The molecule has 0 aliphatic heterocycles. The van der Waals surface area contributed by atoms with Crippen molar-refractivity contribution in [3.05, 3.63) is 71.8 Å². The molecule has 1 unspecified atom stereocenters. The molecule has 0 aliphatic rings. The Balaban J connectivity index is 1.62. The first kappa shape index (κ1) is 24.4. The lowest BCUT2D eigenvalue weighted by atomic mass is 10.1. The molecule has 0 radical (unpaired) electrons. The van der Waals surface area contributed by atoms with Crippen LogP contribution in [0.4, 0.5) is 17.1 Å². The number of amides is 2.